The number of nitrogens with one attached hydrogen (secondary N) is 1. The lowest BCUT2D eigenvalue weighted by atomic mass is 10.0. The molecule has 3 nitrogen and oxygen atoms in total. The van der Waals surface area contributed by atoms with Crippen LogP contribution in [0.5, 0.6) is 0 Å². The Morgan fingerprint density at radius 3 is 2.75 bits per heavy atom. The second-order valence-electron chi connectivity index (χ2n) is 6.02. The van der Waals surface area contributed by atoms with Crippen LogP contribution in [0.4, 0.5) is 0 Å². The summed E-state index contributed by atoms with van der Waals surface area (Å²) in [5.74, 6) is 0.336. The first-order chi connectivity index (χ1) is 9.84. The van der Waals surface area contributed by atoms with Crippen LogP contribution in [0.25, 0.3) is 0 Å². The molecule has 0 saturated carbocycles. The molecule has 0 aliphatic carbocycles. The summed E-state index contributed by atoms with van der Waals surface area (Å²) >= 11 is 0. The molecule has 1 aromatic rings. The van der Waals surface area contributed by atoms with Gasteiger partial charge in [-0.15, -0.1) is 0 Å². The molecule has 2 atom stereocenters. The average molecular weight is 272 g/mol. The van der Waals surface area contributed by atoms with Gasteiger partial charge < -0.3 is 10.2 Å². The summed E-state index contributed by atoms with van der Waals surface area (Å²) in [5, 5.41) is 3.39. The van der Waals surface area contributed by atoms with Gasteiger partial charge in [-0.25, -0.2) is 0 Å². The van der Waals surface area contributed by atoms with Crippen LogP contribution in [0.2, 0.25) is 0 Å². The van der Waals surface area contributed by atoms with Crippen LogP contribution in [-0.4, -0.2) is 36.0 Å². The van der Waals surface area contributed by atoms with Gasteiger partial charge in [0.25, 0.3) is 0 Å². The van der Waals surface area contributed by atoms with Gasteiger partial charge in [0.05, 0.1) is 6.04 Å². The molecule has 3 rings (SSSR count). The second-order valence-corrected chi connectivity index (χ2v) is 6.02. The molecule has 0 bridgehead atoms. The minimum atomic E-state index is 0.0696. The van der Waals surface area contributed by atoms with E-state index in [4.69, 9.17) is 0 Å². The molecule has 20 heavy (non-hydrogen) atoms. The van der Waals surface area contributed by atoms with E-state index in [1.54, 1.807) is 0 Å². The van der Waals surface area contributed by atoms with Crippen LogP contribution in [0.3, 0.4) is 0 Å². The van der Waals surface area contributed by atoms with E-state index in [0.29, 0.717) is 11.9 Å². The highest BCUT2D eigenvalue weighted by Gasteiger charge is 2.33. The summed E-state index contributed by atoms with van der Waals surface area (Å²) in [6.45, 7) is 1.93. The highest BCUT2D eigenvalue weighted by molar-refractivity contribution is 5.82. The number of carbonyl (C=O) groups excluding carboxylic acids is 1. The maximum atomic E-state index is 12.7. The Morgan fingerprint density at radius 2 is 2.00 bits per heavy atom. The molecule has 2 aliphatic rings. The predicted octanol–water partition coefficient (Wildman–Crippen LogP) is 2.36. The van der Waals surface area contributed by atoms with Crippen molar-refractivity contribution in [3.8, 4) is 0 Å². The van der Waals surface area contributed by atoms with E-state index in [2.05, 4.69) is 34.5 Å². The molecule has 3 heteroatoms. The van der Waals surface area contributed by atoms with Crippen LogP contribution in [-0.2, 0) is 11.2 Å². The maximum absolute atomic E-state index is 12.7. The zero-order valence-corrected chi connectivity index (χ0v) is 12.1. The third-order valence-electron chi connectivity index (χ3n) is 4.58. The Balaban J connectivity index is 1.64. The third-order valence-corrected chi connectivity index (χ3v) is 4.58. The van der Waals surface area contributed by atoms with Gasteiger partial charge >= 0.3 is 0 Å². The smallest absolute Gasteiger partial charge is 0.239 e. The van der Waals surface area contributed by atoms with Gasteiger partial charge in [-0.2, -0.15) is 0 Å². The molecular formula is C17H24N2O. The van der Waals surface area contributed by atoms with Crippen LogP contribution in [0.1, 0.15) is 37.7 Å². The first-order valence-corrected chi connectivity index (χ1v) is 7.92. The first kappa shape index (κ1) is 13.6. The van der Waals surface area contributed by atoms with Crippen LogP contribution in [0, 0.1) is 0 Å². The van der Waals surface area contributed by atoms with Crippen LogP contribution >= 0.6 is 0 Å². The molecule has 2 aliphatic heterocycles. The minimum Gasteiger partial charge on any atom is -0.338 e. The van der Waals surface area contributed by atoms with Crippen molar-refractivity contribution in [2.75, 3.05) is 13.1 Å². The summed E-state index contributed by atoms with van der Waals surface area (Å²) in [6.07, 6.45) is 6.69. The molecule has 2 fully saturated rings. The number of nitrogens with zero attached hydrogens (tertiary/aromatic N) is 1. The molecule has 0 spiro atoms. The Kier molecular flexibility index (Phi) is 4.36. The second kappa shape index (κ2) is 6.40. The van der Waals surface area contributed by atoms with E-state index < -0.39 is 0 Å². The highest BCUT2D eigenvalue weighted by atomic mass is 16.2. The van der Waals surface area contributed by atoms with Crippen molar-refractivity contribution in [3.05, 3.63) is 35.9 Å². The molecule has 1 N–H and O–H groups in total. The molecular weight excluding hydrogens is 248 g/mol. The first-order valence-electron chi connectivity index (χ1n) is 7.92. The summed E-state index contributed by atoms with van der Waals surface area (Å²) in [5.41, 5.74) is 1.34. The zero-order chi connectivity index (χ0) is 13.8. The Labute approximate surface area is 121 Å². The van der Waals surface area contributed by atoms with E-state index in [0.717, 1.165) is 38.8 Å². The topological polar surface area (TPSA) is 32.3 Å². The van der Waals surface area contributed by atoms with Gasteiger partial charge in [-0.3, -0.25) is 4.79 Å². The van der Waals surface area contributed by atoms with Crippen molar-refractivity contribution in [2.45, 2.75) is 50.6 Å². The predicted molar refractivity (Wildman–Crippen MR) is 80.5 cm³/mol. The molecule has 2 unspecified atom stereocenters. The molecule has 1 amide bonds. The Bertz CT molecular complexity index is 440. The van der Waals surface area contributed by atoms with E-state index >= 15 is 0 Å². The van der Waals surface area contributed by atoms with Crippen LogP contribution in [0.15, 0.2) is 30.3 Å². The summed E-state index contributed by atoms with van der Waals surface area (Å²) in [4.78, 5) is 14.8. The fourth-order valence-corrected chi connectivity index (χ4v) is 3.49. The number of likely N-dealkylation sites (tertiary alicyclic amines) is 1. The quantitative estimate of drug-likeness (QED) is 0.916. The number of hydrogen-bond acceptors (Lipinski definition) is 2. The van der Waals surface area contributed by atoms with E-state index in [1.165, 1.54) is 18.4 Å². The maximum Gasteiger partial charge on any atom is 0.239 e. The highest BCUT2D eigenvalue weighted by Crippen LogP contribution is 2.23. The molecule has 0 aromatic heterocycles. The van der Waals surface area contributed by atoms with Gasteiger partial charge in [0.15, 0.2) is 0 Å². The third kappa shape index (κ3) is 3.04. The molecule has 1 aromatic carbocycles. The van der Waals surface area contributed by atoms with Gasteiger partial charge in [-0.1, -0.05) is 36.8 Å². The van der Waals surface area contributed by atoms with E-state index in [1.807, 2.05) is 6.07 Å². The van der Waals surface area contributed by atoms with Crippen LogP contribution < -0.4 is 5.32 Å². The molecule has 2 saturated heterocycles. The number of benzene rings is 1. The monoisotopic (exact) mass is 272 g/mol. The fraction of sp³-hybridized carbons (Fsp3) is 0.588. The lowest BCUT2D eigenvalue weighted by Crippen LogP contribution is -2.50. The molecule has 2 heterocycles. The largest absolute Gasteiger partial charge is 0.338 e. The van der Waals surface area contributed by atoms with Crippen molar-refractivity contribution < 1.29 is 4.79 Å². The lowest BCUT2D eigenvalue weighted by Gasteiger charge is -2.31. The fourth-order valence-electron chi connectivity index (χ4n) is 3.49. The summed E-state index contributed by atoms with van der Waals surface area (Å²) < 4.78 is 0. The molecule has 108 valence electrons. The summed E-state index contributed by atoms with van der Waals surface area (Å²) in [6, 6.07) is 11.0. The number of hydrogen-bond donors (Lipinski definition) is 1. The van der Waals surface area contributed by atoms with Gasteiger partial charge in [0.2, 0.25) is 5.91 Å². The van der Waals surface area contributed by atoms with Crippen molar-refractivity contribution in [2.24, 2.45) is 0 Å². The number of carbonyl (C=O) groups is 1. The van der Waals surface area contributed by atoms with Crippen molar-refractivity contribution in [3.63, 3.8) is 0 Å². The minimum absolute atomic E-state index is 0.0696. The Hall–Kier alpha value is -1.35. The number of amides is 1. The number of piperidine rings is 1. The lowest BCUT2D eigenvalue weighted by molar-refractivity contribution is -0.134. The van der Waals surface area contributed by atoms with Gasteiger partial charge in [0.1, 0.15) is 0 Å². The van der Waals surface area contributed by atoms with Gasteiger partial charge in [0, 0.05) is 12.6 Å². The normalized spacial score (nSPS) is 26.7. The Morgan fingerprint density at radius 1 is 1.15 bits per heavy atom. The van der Waals surface area contributed by atoms with Crippen molar-refractivity contribution in [1.82, 2.24) is 10.2 Å². The van der Waals surface area contributed by atoms with Crippen molar-refractivity contribution >= 4 is 5.91 Å². The summed E-state index contributed by atoms with van der Waals surface area (Å²) in [7, 11) is 0. The molecule has 0 radical (unpaired) electrons. The average Bonchev–Trinajstić information content (AvgIpc) is 2.96. The zero-order valence-electron chi connectivity index (χ0n) is 12.1. The van der Waals surface area contributed by atoms with E-state index in [-0.39, 0.29) is 6.04 Å². The SMILES string of the molecule is O=C(C1CCCCN1)N1CCCC1Cc1ccccc1. The standard InChI is InChI=1S/C17H24N2O/c20-17(16-10-4-5-11-18-16)19-12-6-9-15(19)13-14-7-2-1-3-8-14/h1-3,7-8,15-16,18H,4-6,9-13H2. The number of rotatable bonds is 3. The van der Waals surface area contributed by atoms with Crippen molar-refractivity contribution in [1.29, 1.82) is 0 Å². The van der Waals surface area contributed by atoms with E-state index in [9.17, 15) is 4.79 Å². The van der Waals surface area contributed by atoms with Gasteiger partial charge in [-0.05, 0) is 44.2 Å².